The van der Waals surface area contributed by atoms with Gasteiger partial charge in [-0.05, 0) is 44.4 Å². The van der Waals surface area contributed by atoms with Crippen molar-refractivity contribution >= 4 is 17.4 Å². The quantitative estimate of drug-likeness (QED) is 0.724. The first-order chi connectivity index (χ1) is 9.92. The van der Waals surface area contributed by atoms with Crippen molar-refractivity contribution in [2.75, 3.05) is 30.4 Å². The maximum atomic E-state index is 11.9. The van der Waals surface area contributed by atoms with E-state index >= 15 is 0 Å². The van der Waals surface area contributed by atoms with Crippen LogP contribution in [0.15, 0.2) is 24.3 Å². The van der Waals surface area contributed by atoms with Gasteiger partial charge in [-0.1, -0.05) is 13.0 Å². The Morgan fingerprint density at radius 2 is 2.10 bits per heavy atom. The van der Waals surface area contributed by atoms with Gasteiger partial charge in [-0.3, -0.25) is 0 Å². The van der Waals surface area contributed by atoms with Crippen LogP contribution in [-0.2, 0) is 0 Å². The topological polar surface area (TPSA) is 64.6 Å². The minimum atomic E-state index is -0.342. The number of aliphatic hydroxyl groups excluding tert-OH is 1. The first-order valence-electron chi connectivity index (χ1n) is 7.46. The summed E-state index contributed by atoms with van der Waals surface area (Å²) in [5, 5.41) is 15.0. The molecule has 0 aliphatic carbocycles. The summed E-state index contributed by atoms with van der Waals surface area (Å²) in [6, 6.07) is 7.53. The van der Waals surface area contributed by atoms with Gasteiger partial charge in [0.15, 0.2) is 0 Å². The van der Waals surface area contributed by atoms with E-state index in [9.17, 15) is 9.90 Å². The third kappa shape index (κ3) is 6.49. The van der Waals surface area contributed by atoms with Crippen molar-refractivity contribution in [3.8, 4) is 0 Å². The van der Waals surface area contributed by atoms with Crippen LogP contribution in [0.1, 0.15) is 27.2 Å². The summed E-state index contributed by atoms with van der Waals surface area (Å²) in [5.41, 5.74) is 1.84. The predicted octanol–water partition coefficient (Wildman–Crippen LogP) is 2.67. The molecule has 118 valence electrons. The summed E-state index contributed by atoms with van der Waals surface area (Å²) < 4.78 is 0. The fourth-order valence-corrected chi connectivity index (χ4v) is 2.11. The lowest BCUT2D eigenvalue weighted by Crippen LogP contribution is -2.33. The van der Waals surface area contributed by atoms with Gasteiger partial charge in [-0.2, -0.15) is 0 Å². The zero-order valence-electron chi connectivity index (χ0n) is 13.4. The first-order valence-corrected chi connectivity index (χ1v) is 7.46. The lowest BCUT2D eigenvalue weighted by Gasteiger charge is -2.18. The minimum Gasteiger partial charge on any atom is -0.393 e. The van der Waals surface area contributed by atoms with Crippen LogP contribution in [0.2, 0.25) is 0 Å². The third-order valence-electron chi connectivity index (χ3n) is 3.37. The van der Waals surface area contributed by atoms with Crippen LogP contribution >= 0.6 is 0 Å². The summed E-state index contributed by atoms with van der Waals surface area (Å²) >= 11 is 0. The molecule has 0 fully saturated rings. The largest absolute Gasteiger partial charge is 0.393 e. The molecule has 1 aromatic rings. The smallest absolute Gasteiger partial charge is 0.319 e. The molecule has 0 saturated heterocycles. The Labute approximate surface area is 127 Å². The Bertz CT molecular complexity index is 449. The number of urea groups is 1. The average Bonchev–Trinajstić information content (AvgIpc) is 2.44. The van der Waals surface area contributed by atoms with E-state index in [1.165, 1.54) is 0 Å². The van der Waals surface area contributed by atoms with Crippen LogP contribution in [0.5, 0.6) is 0 Å². The second-order valence-corrected chi connectivity index (χ2v) is 5.59. The highest BCUT2D eigenvalue weighted by molar-refractivity contribution is 5.89. The van der Waals surface area contributed by atoms with E-state index in [1.54, 1.807) is 6.92 Å². The zero-order valence-corrected chi connectivity index (χ0v) is 13.4. The number of aliphatic hydroxyl groups is 1. The molecule has 0 bridgehead atoms. The number of nitrogens with zero attached hydrogens (tertiary/aromatic N) is 1. The Kier molecular flexibility index (Phi) is 7.02. The average molecular weight is 293 g/mol. The van der Waals surface area contributed by atoms with Crippen LogP contribution in [0.25, 0.3) is 0 Å². The maximum Gasteiger partial charge on any atom is 0.319 e. The fourth-order valence-electron chi connectivity index (χ4n) is 2.11. The van der Waals surface area contributed by atoms with Gasteiger partial charge in [-0.15, -0.1) is 0 Å². The molecule has 0 aromatic heterocycles. The SMILES string of the molecule is CCN(C)c1cccc(NC(=O)NC[C@@H](C)C[C@H](C)O)c1. The monoisotopic (exact) mass is 293 g/mol. The van der Waals surface area contributed by atoms with Crippen molar-refractivity contribution in [2.45, 2.75) is 33.3 Å². The second kappa shape index (κ2) is 8.52. The molecular weight excluding hydrogens is 266 g/mol. The number of carbonyl (C=O) groups is 1. The maximum absolute atomic E-state index is 11.9. The van der Waals surface area contributed by atoms with Crippen LogP contribution < -0.4 is 15.5 Å². The molecule has 0 aliphatic heterocycles. The first kappa shape index (κ1) is 17.3. The van der Waals surface area contributed by atoms with Gasteiger partial charge in [0.25, 0.3) is 0 Å². The van der Waals surface area contributed by atoms with Gasteiger partial charge >= 0.3 is 6.03 Å². The number of nitrogens with one attached hydrogen (secondary N) is 2. The van der Waals surface area contributed by atoms with Crippen LogP contribution in [0.3, 0.4) is 0 Å². The molecule has 2 atom stereocenters. The van der Waals surface area contributed by atoms with Crippen molar-refractivity contribution in [1.29, 1.82) is 0 Å². The summed E-state index contributed by atoms with van der Waals surface area (Å²) in [7, 11) is 2.01. The highest BCUT2D eigenvalue weighted by atomic mass is 16.3. The van der Waals surface area contributed by atoms with Crippen molar-refractivity contribution in [2.24, 2.45) is 5.92 Å². The summed E-state index contributed by atoms with van der Waals surface area (Å²) in [5.74, 6) is 0.244. The minimum absolute atomic E-state index is 0.219. The molecule has 1 aromatic carbocycles. The van der Waals surface area contributed by atoms with Gasteiger partial charge in [0.2, 0.25) is 0 Å². The normalized spacial score (nSPS) is 13.4. The van der Waals surface area contributed by atoms with E-state index in [-0.39, 0.29) is 18.1 Å². The molecule has 0 aliphatic rings. The molecule has 3 N–H and O–H groups in total. The molecule has 21 heavy (non-hydrogen) atoms. The molecule has 0 spiro atoms. The van der Waals surface area contributed by atoms with Crippen molar-refractivity contribution < 1.29 is 9.90 Å². The van der Waals surface area contributed by atoms with E-state index in [0.717, 1.165) is 17.9 Å². The molecule has 0 heterocycles. The molecule has 5 heteroatoms. The molecule has 0 saturated carbocycles. The van der Waals surface area contributed by atoms with Crippen LogP contribution in [-0.4, -0.2) is 37.4 Å². The van der Waals surface area contributed by atoms with E-state index in [0.29, 0.717) is 13.0 Å². The lowest BCUT2D eigenvalue weighted by molar-refractivity contribution is 0.163. The van der Waals surface area contributed by atoms with Gasteiger partial charge < -0.3 is 20.6 Å². The molecular formula is C16H27N3O2. The van der Waals surface area contributed by atoms with Crippen molar-refractivity contribution in [1.82, 2.24) is 5.32 Å². The number of anilines is 2. The van der Waals surface area contributed by atoms with Crippen LogP contribution in [0.4, 0.5) is 16.2 Å². The zero-order chi connectivity index (χ0) is 15.8. The highest BCUT2D eigenvalue weighted by Crippen LogP contribution is 2.18. The summed E-state index contributed by atoms with van der Waals surface area (Å²) in [6.07, 6.45) is 0.336. The Balaban J connectivity index is 2.48. The third-order valence-corrected chi connectivity index (χ3v) is 3.37. The number of hydrogen-bond acceptors (Lipinski definition) is 3. The Morgan fingerprint density at radius 3 is 2.71 bits per heavy atom. The number of hydrogen-bond donors (Lipinski definition) is 3. The Hall–Kier alpha value is -1.75. The van der Waals surface area contributed by atoms with E-state index in [4.69, 9.17) is 0 Å². The number of benzene rings is 1. The van der Waals surface area contributed by atoms with Gasteiger partial charge in [0.1, 0.15) is 0 Å². The van der Waals surface area contributed by atoms with Crippen LogP contribution in [0, 0.1) is 5.92 Å². The van der Waals surface area contributed by atoms with E-state index < -0.39 is 0 Å². The predicted molar refractivity (Wildman–Crippen MR) is 87.9 cm³/mol. The second-order valence-electron chi connectivity index (χ2n) is 5.59. The molecule has 2 amide bonds. The number of carbonyl (C=O) groups excluding carboxylic acids is 1. The number of rotatable bonds is 7. The summed E-state index contributed by atoms with van der Waals surface area (Å²) in [6.45, 7) is 7.30. The number of amides is 2. The van der Waals surface area contributed by atoms with Crippen molar-refractivity contribution in [3.63, 3.8) is 0 Å². The molecule has 0 radical (unpaired) electrons. The molecule has 5 nitrogen and oxygen atoms in total. The van der Waals surface area contributed by atoms with Crippen molar-refractivity contribution in [3.05, 3.63) is 24.3 Å². The fraction of sp³-hybridized carbons (Fsp3) is 0.562. The Morgan fingerprint density at radius 1 is 1.38 bits per heavy atom. The summed E-state index contributed by atoms with van der Waals surface area (Å²) in [4.78, 5) is 14.0. The lowest BCUT2D eigenvalue weighted by atomic mass is 10.1. The standard InChI is InChI=1S/C16H27N3O2/c1-5-19(4)15-8-6-7-14(10-15)18-16(21)17-11-12(2)9-13(3)20/h6-8,10,12-13,20H,5,9,11H2,1-4H3,(H2,17,18,21)/t12-,13-/m0/s1. The van der Waals surface area contributed by atoms with Gasteiger partial charge in [-0.25, -0.2) is 4.79 Å². The van der Waals surface area contributed by atoms with E-state index in [1.807, 2.05) is 38.2 Å². The highest BCUT2D eigenvalue weighted by Gasteiger charge is 2.09. The molecule has 0 unspecified atom stereocenters. The van der Waals surface area contributed by atoms with Gasteiger partial charge in [0.05, 0.1) is 6.10 Å². The molecule has 1 rings (SSSR count). The van der Waals surface area contributed by atoms with E-state index in [2.05, 4.69) is 22.5 Å². The van der Waals surface area contributed by atoms with Gasteiger partial charge in [0, 0.05) is 31.5 Å².